The van der Waals surface area contributed by atoms with Crippen molar-refractivity contribution in [3.63, 3.8) is 0 Å². The van der Waals surface area contributed by atoms with Crippen LogP contribution in [0.25, 0.3) is 0 Å². The molecule has 1 amide bonds. The quantitative estimate of drug-likeness (QED) is 0.311. The topological polar surface area (TPSA) is 84.9 Å². The summed E-state index contributed by atoms with van der Waals surface area (Å²) in [5, 5.41) is 2.79. The summed E-state index contributed by atoms with van der Waals surface area (Å²) < 4.78 is 52.5. The lowest BCUT2D eigenvalue weighted by atomic mass is 10.2. The van der Waals surface area contributed by atoms with Gasteiger partial charge in [0.2, 0.25) is 5.91 Å². The number of hydrogen-bond donors (Lipinski definition) is 1. The molecular formula is C27H31FN2O5S2. The molecule has 0 aromatic heterocycles. The minimum absolute atomic E-state index is 0.0249. The van der Waals surface area contributed by atoms with Crippen LogP contribution in [0.3, 0.4) is 0 Å². The van der Waals surface area contributed by atoms with Gasteiger partial charge < -0.3 is 14.8 Å². The molecule has 0 aliphatic heterocycles. The van der Waals surface area contributed by atoms with Crippen molar-refractivity contribution in [1.29, 1.82) is 0 Å². The van der Waals surface area contributed by atoms with E-state index >= 15 is 0 Å². The van der Waals surface area contributed by atoms with Gasteiger partial charge in [-0.2, -0.15) is 11.8 Å². The molecule has 0 saturated heterocycles. The number of aryl methyl sites for hydroxylation is 1. The van der Waals surface area contributed by atoms with Gasteiger partial charge in [0.15, 0.2) is 11.5 Å². The summed E-state index contributed by atoms with van der Waals surface area (Å²) in [6.45, 7) is 1.89. The largest absolute Gasteiger partial charge is 0.493 e. The molecule has 0 radical (unpaired) electrons. The van der Waals surface area contributed by atoms with E-state index < -0.39 is 15.9 Å². The van der Waals surface area contributed by atoms with Crippen molar-refractivity contribution >= 4 is 33.4 Å². The first-order chi connectivity index (χ1) is 17.8. The fraction of sp³-hybridized carbons (Fsp3) is 0.296. The molecule has 10 heteroatoms. The molecule has 0 spiro atoms. The minimum Gasteiger partial charge on any atom is -0.493 e. The maximum Gasteiger partial charge on any atom is 0.264 e. The predicted molar refractivity (Wildman–Crippen MR) is 145 cm³/mol. The van der Waals surface area contributed by atoms with Gasteiger partial charge in [-0.25, -0.2) is 12.8 Å². The van der Waals surface area contributed by atoms with Crippen molar-refractivity contribution in [2.75, 3.05) is 37.4 Å². The van der Waals surface area contributed by atoms with Crippen molar-refractivity contribution in [1.82, 2.24) is 5.32 Å². The molecule has 0 fully saturated rings. The molecule has 37 heavy (non-hydrogen) atoms. The number of nitrogens with zero attached hydrogens (tertiary/aromatic N) is 1. The van der Waals surface area contributed by atoms with Crippen LogP contribution in [-0.4, -0.2) is 47.4 Å². The summed E-state index contributed by atoms with van der Waals surface area (Å²) in [5.74, 6) is 1.28. The first-order valence-electron chi connectivity index (χ1n) is 11.7. The lowest BCUT2D eigenvalue weighted by molar-refractivity contribution is -0.119. The zero-order valence-electron chi connectivity index (χ0n) is 21.1. The fourth-order valence-electron chi connectivity index (χ4n) is 3.52. The summed E-state index contributed by atoms with van der Waals surface area (Å²) in [6.07, 6.45) is 0.665. The average molecular weight is 547 g/mol. The van der Waals surface area contributed by atoms with Gasteiger partial charge in [-0.05, 0) is 55.0 Å². The van der Waals surface area contributed by atoms with Crippen molar-refractivity contribution in [2.24, 2.45) is 0 Å². The third-order valence-corrected chi connectivity index (χ3v) is 8.42. The smallest absolute Gasteiger partial charge is 0.264 e. The van der Waals surface area contributed by atoms with Crippen molar-refractivity contribution < 1.29 is 27.1 Å². The molecule has 0 aliphatic rings. The van der Waals surface area contributed by atoms with Crippen LogP contribution in [0, 0.1) is 12.7 Å². The molecule has 198 valence electrons. The number of hydrogen-bond acceptors (Lipinski definition) is 6. The Kier molecular flexibility index (Phi) is 10.2. The molecular weight excluding hydrogens is 515 g/mol. The maximum atomic E-state index is 13.7. The van der Waals surface area contributed by atoms with E-state index in [1.54, 1.807) is 54.2 Å². The summed E-state index contributed by atoms with van der Waals surface area (Å²) in [4.78, 5) is 12.8. The Morgan fingerprint density at radius 3 is 2.38 bits per heavy atom. The van der Waals surface area contributed by atoms with Gasteiger partial charge in [-0.15, -0.1) is 0 Å². The lowest BCUT2D eigenvalue weighted by Gasteiger charge is -2.24. The van der Waals surface area contributed by atoms with Gasteiger partial charge in [0.05, 0.1) is 24.8 Å². The molecule has 0 saturated carbocycles. The predicted octanol–water partition coefficient (Wildman–Crippen LogP) is 4.79. The van der Waals surface area contributed by atoms with Crippen LogP contribution in [-0.2, 0) is 20.6 Å². The van der Waals surface area contributed by atoms with Crippen LogP contribution in [0.4, 0.5) is 10.1 Å². The van der Waals surface area contributed by atoms with Gasteiger partial charge in [-0.1, -0.05) is 35.9 Å². The minimum atomic E-state index is -4.10. The summed E-state index contributed by atoms with van der Waals surface area (Å²) in [6, 6.07) is 17.9. The molecule has 3 aromatic rings. The van der Waals surface area contributed by atoms with Gasteiger partial charge in [0, 0.05) is 18.4 Å². The fourth-order valence-corrected chi connectivity index (χ4v) is 5.90. The maximum absolute atomic E-state index is 13.7. The summed E-state index contributed by atoms with van der Waals surface area (Å²) >= 11 is 1.57. The van der Waals surface area contributed by atoms with E-state index in [9.17, 15) is 17.6 Å². The molecule has 0 unspecified atom stereocenters. The number of ether oxygens (including phenoxy) is 2. The Bertz CT molecular complexity index is 1300. The van der Waals surface area contributed by atoms with E-state index in [1.165, 1.54) is 38.5 Å². The van der Waals surface area contributed by atoms with E-state index in [-0.39, 0.29) is 23.0 Å². The molecule has 1 N–H and O–H groups in total. The summed E-state index contributed by atoms with van der Waals surface area (Å²) in [7, 11) is -1.21. The number of sulfonamides is 1. The number of methoxy groups -OCH3 is 2. The normalized spacial score (nSPS) is 11.1. The Labute approximate surface area is 222 Å². The molecule has 3 rings (SSSR count). The third kappa shape index (κ3) is 7.62. The van der Waals surface area contributed by atoms with Gasteiger partial charge in [-0.3, -0.25) is 9.10 Å². The first-order valence-corrected chi connectivity index (χ1v) is 14.2. The highest BCUT2D eigenvalue weighted by atomic mass is 32.2. The Morgan fingerprint density at radius 1 is 1.00 bits per heavy atom. The number of thioether (sulfide) groups is 1. The highest BCUT2D eigenvalue weighted by Gasteiger charge is 2.28. The van der Waals surface area contributed by atoms with E-state index in [0.29, 0.717) is 35.7 Å². The van der Waals surface area contributed by atoms with Crippen LogP contribution >= 0.6 is 11.8 Å². The SMILES string of the molecule is COc1ccc(S(=O)(=O)N(CC(=O)NCCCSCc2ccccc2F)c2ccc(C)cc2)cc1OC. The Morgan fingerprint density at radius 2 is 1.70 bits per heavy atom. The zero-order chi connectivity index (χ0) is 26.8. The van der Waals surface area contributed by atoms with E-state index in [0.717, 1.165) is 15.6 Å². The number of halogens is 1. The Balaban J connectivity index is 1.66. The van der Waals surface area contributed by atoms with Crippen molar-refractivity contribution in [2.45, 2.75) is 24.0 Å². The monoisotopic (exact) mass is 546 g/mol. The molecule has 3 aromatic carbocycles. The number of rotatable bonds is 13. The number of carbonyl (C=O) groups excluding carboxylic acids is 1. The van der Waals surface area contributed by atoms with Crippen LogP contribution in [0.1, 0.15) is 17.5 Å². The number of anilines is 1. The lowest BCUT2D eigenvalue weighted by Crippen LogP contribution is -2.41. The van der Waals surface area contributed by atoms with E-state index in [2.05, 4.69) is 5.32 Å². The second-order valence-electron chi connectivity index (χ2n) is 8.21. The first kappa shape index (κ1) is 28.3. The van der Waals surface area contributed by atoms with Crippen LogP contribution < -0.4 is 19.1 Å². The zero-order valence-corrected chi connectivity index (χ0v) is 22.7. The summed E-state index contributed by atoms with van der Waals surface area (Å²) in [5.41, 5.74) is 1.98. The number of carbonyl (C=O) groups is 1. The Hall–Kier alpha value is -3.24. The second-order valence-corrected chi connectivity index (χ2v) is 11.2. The number of nitrogens with one attached hydrogen (secondary N) is 1. The molecule has 0 atom stereocenters. The molecule has 0 aliphatic carbocycles. The average Bonchev–Trinajstić information content (AvgIpc) is 2.90. The van der Waals surface area contributed by atoms with E-state index in [4.69, 9.17) is 9.47 Å². The van der Waals surface area contributed by atoms with Gasteiger partial charge >= 0.3 is 0 Å². The van der Waals surface area contributed by atoms with Crippen LogP contribution in [0.15, 0.2) is 71.6 Å². The van der Waals surface area contributed by atoms with Crippen LogP contribution in [0.5, 0.6) is 11.5 Å². The highest BCUT2D eigenvalue weighted by molar-refractivity contribution is 7.98. The van der Waals surface area contributed by atoms with Crippen LogP contribution in [0.2, 0.25) is 0 Å². The van der Waals surface area contributed by atoms with Gasteiger partial charge in [0.25, 0.3) is 10.0 Å². The van der Waals surface area contributed by atoms with Crippen molar-refractivity contribution in [3.8, 4) is 11.5 Å². The van der Waals surface area contributed by atoms with E-state index in [1.807, 2.05) is 6.92 Å². The molecule has 0 bridgehead atoms. The van der Waals surface area contributed by atoms with Gasteiger partial charge in [0.1, 0.15) is 12.4 Å². The third-order valence-electron chi connectivity index (χ3n) is 5.56. The number of amides is 1. The highest BCUT2D eigenvalue weighted by Crippen LogP contribution is 2.32. The standard InChI is InChI=1S/C27H31FN2O5S2/c1-20-9-11-22(12-10-20)30(37(32,33)23-13-14-25(34-2)26(17-23)35-3)18-27(31)29-15-6-16-36-19-21-7-4-5-8-24(21)28/h4-5,7-14,17H,6,15-16,18-19H2,1-3H3,(H,29,31). The molecule has 7 nitrogen and oxygen atoms in total. The second kappa shape index (κ2) is 13.3. The molecule has 0 heterocycles. The number of benzene rings is 3. The van der Waals surface area contributed by atoms with Crippen molar-refractivity contribution in [3.05, 3.63) is 83.7 Å².